The molecule has 0 saturated heterocycles. The molecule has 0 spiro atoms. The largest absolute Gasteiger partial charge is 0.422 e. The smallest absolute Gasteiger partial charge is 0.345 e. The lowest BCUT2D eigenvalue weighted by Gasteiger charge is -2.16. The first-order valence-electron chi connectivity index (χ1n) is 16.2. The molecule has 0 aliphatic carbocycles. The molecule has 0 bridgehead atoms. The monoisotopic (exact) mass is 758 g/mol. The Morgan fingerprint density at radius 3 is 1.84 bits per heavy atom. The molecule has 272 valence electrons. The number of aromatic amines is 1. The molecule has 4 heterocycles. The first-order valence-corrected chi connectivity index (χ1v) is 24.1. The average Bonchev–Trinajstić information content (AvgIpc) is 3.67. The van der Waals surface area contributed by atoms with E-state index < -0.39 is 39.0 Å². The Kier molecular flexibility index (Phi) is 13.1. The number of nitrogens with zero attached hydrogens (tertiary/aromatic N) is 1. The van der Waals surface area contributed by atoms with Crippen molar-refractivity contribution >= 4 is 84.1 Å². The molecule has 1 N–H and O–H groups in total. The molecule has 0 atom stereocenters. The van der Waals surface area contributed by atoms with Crippen LogP contribution in [0, 0.1) is 11.6 Å². The number of alkyl halides is 1. The molecule has 0 unspecified atom stereocenters. The fraction of sp³-hybridized carbons (Fsp3) is 0.333. The topological polar surface area (TPSA) is 134 Å². The summed E-state index contributed by atoms with van der Waals surface area (Å²) < 4.78 is 49.5. The molecule has 15 heteroatoms. The molecule has 0 saturated carbocycles. The second-order valence-electron chi connectivity index (χ2n) is 14.2. The second kappa shape index (κ2) is 16.9. The predicted octanol–water partition coefficient (Wildman–Crippen LogP) is 8.78. The highest BCUT2D eigenvalue weighted by Gasteiger charge is 2.18. The molecule has 10 nitrogen and oxygen atoms in total. The number of hydrogen-bond acceptors (Lipinski definition) is 8. The zero-order chi connectivity index (χ0) is 37.5. The molecule has 4 aromatic heterocycles. The van der Waals surface area contributed by atoms with Gasteiger partial charge >= 0.3 is 11.3 Å². The number of carbonyl (C=O) groups is 2. The van der Waals surface area contributed by atoms with Gasteiger partial charge in [0.25, 0.3) is 0 Å². The van der Waals surface area contributed by atoms with Gasteiger partial charge in [0.15, 0.2) is 12.6 Å². The number of ether oxygens (including phenoxy) is 2. The Labute approximate surface area is 299 Å². The SMILES string of the molecule is C[Si](C)(C)CCOCCl.C[Si](C)(C)CCOCn1c(C=O)cc2c(=O)oc3ccc(F)cc3c21.O=Cc1cc2c(=O)oc3ccc(F)cc3c2[nH]1. The summed E-state index contributed by atoms with van der Waals surface area (Å²) in [6.45, 7) is 15.2. The molecule has 6 aromatic rings. The minimum absolute atomic E-state index is 0.122. The number of nitrogens with one attached hydrogen (secondary N) is 1. The number of hydrogen-bond donors (Lipinski definition) is 1. The normalized spacial score (nSPS) is 11.8. The van der Waals surface area contributed by atoms with Crippen molar-refractivity contribution in [2.24, 2.45) is 0 Å². The Morgan fingerprint density at radius 2 is 1.29 bits per heavy atom. The van der Waals surface area contributed by atoms with Crippen LogP contribution in [-0.4, -0.2) is 57.6 Å². The maximum Gasteiger partial charge on any atom is 0.345 e. The van der Waals surface area contributed by atoms with E-state index >= 15 is 0 Å². The second-order valence-corrected chi connectivity index (χ2v) is 25.7. The van der Waals surface area contributed by atoms with Gasteiger partial charge < -0.3 is 27.9 Å². The number of fused-ring (bicyclic) bond motifs is 6. The van der Waals surface area contributed by atoms with Crippen molar-refractivity contribution in [2.45, 2.75) is 58.1 Å². The molecule has 51 heavy (non-hydrogen) atoms. The van der Waals surface area contributed by atoms with E-state index in [1.807, 2.05) is 0 Å². The third kappa shape index (κ3) is 10.4. The first-order chi connectivity index (χ1) is 24.0. The Bertz CT molecular complexity index is 2280. The highest BCUT2D eigenvalue weighted by atomic mass is 35.5. The van der Waals surface area contributed by atoms with Crippen LogP contribution in [0.4, 0.5) is 8.78 Å². The summed E-state index contributed by atoms with van der Waals surface area (Å²) in [4.78, 5) is 48.6. The predicted molar refractivity (Wildman–Crippen MR) is 202 cm³/mol. The van der Waals surface area contributed by atoms with Gasteiger partial charge in [-0.3, -0.25) is 9.59 Å². The van der Waals surface area contributed by atoms with Gasteiger partial charge in [-0.1, -0.05) is 50.9 Å². The van der Waals surface area contributed by atoms with E-state index in [0.717, 1.165) is 12.7 Å². The minimum atomic E-state index is -1.23. The summed E-state index contributed by atoms with van der Waals surface area (Å²) in [5, 5.41) is 1.36. The summed E-state index contributed by atoms with van der Waals surface area (Å²) >= 11 is 5.32. The molecule has 2 aromatic carbocycles. The minimum Gasteiger partial charge on any atom is -0.422 e. The number of halogens is 3. The van der Waals surface area contributed by atoms with Gasteiger partial charge in [0.2, 0.25) is 0 Å². The number of rotatable bonds is 11. The molecule has 0 amide bonds. The molecule has 0 aliphatic heterocycles. The fourth-order valence-corrected chi connectivity index (χ4v) is 6.63. The van der Waals surface area contributed by atoms with Crippen molar-refractivity contribution in [3.8, 4) is 0 Å². The average molecular weight is 759 g/mol. The van der Waals surface area contributed by atoms with Crippen LogP contribution in [0.1, 0.15) is 21.0 Å². The van der Waals surface area contributed by atoms with Gasteiger partial charge in [-0.25, -0.2) is 18.4 Å². The molecular formula is C36H41ClF2N2O8Si2. The van der Waals surface area contributed by atoms with E-state index in [1.54, 1.807) is 4.57 Å². The van der Waals surface area contributed by atoms with Gasteiger partial charge in [-0.05, 0) is 60.6 Å². The Hall–Kier alpha value is -4.22. The third-order valence-electron chi connectivity index (χ3n) is 7.76. The number of aldehydes is 2. The lowest BCUT2D eigenvalue weighted by molar-refractivity contribution is 0.0864. The Balaban J connectivity index is 0.000000193. The van der Waals surface area contributed by atoms with Crippen molar-refractivity contribution in [3.63, 3.8) is 0 Å². The molecule has 0 fully saturated rings. The van der Waals surface area contributed by atoms with Crippen LogP contribution < -0.4 is 11.3 Å². The summed E-state index contributed by atoms with van der Waals surface area (Å²) in [5.74, 6) is -0.877. The van der Waals surface area contributed by atoms with E-state index in [4.69, 9.17) is 29.9 Å². The highest BCUT2D eigenvalue weighted by molar-refractivity contribution is 6.76. The first kappa shape index (κ1) is 39.6. The van der Waals surface area contributed by atoms with Gasteiger partial charge in [0, 0.05) is 40.1 Å². The van der Waals surface area contributed by atoms with Crippen LogP contribution in [0.2, 0.25) is 51.4 Å². The quantitative estimate of drug-likeness (QED) is 0.0456. The summed E-state index contributed by atoms with van der Waals surface area (Å²) in [7, 11) is -2.11. The van der Waals surface area contributed by atoms with Crippen molar-refractivity contribution in [2.75, 3.05) is 19.3 Å². The summed E-state index contributed by atoms with van der Waals surface area (Å²) in [5.41, 5.74) is 0.873. The van der Waals surface area contributed by atoms with E-state index in [9.17, 15) is 28.0 Å². The Morgan fingerprint density at radius 1 is 0.745 bits per heavy atom. The van der Waals surface area contributed by atoms with Gasteiger partial charge in [0.05, 0.1) is 33.2 Å². The van der Waals surface area contributed by atoms with Crippen LogP contribution >= 0.6 is 11.6 Å². The van der Waals surface area contributed by atoms with Crippen LogP contribution in [0.15, 0.2) is 67.0 Å². The van der Waals surface area contributed by atoms with Crippen molar-refractivity contribution in [1.29, 1.82) is 0 Å². The van der Waals surface area contributed by atoms with Crippen molar-refractivity contribution < 1.29 is 36.7 Å². The van der Waals surface area contributed by atoms with Crippen LogP contribution in [0.3, 0.4) is 0 Å². The van der Waals surface area contributed by atoms with E-state index in [1.165, 1.54) is 54.6 Å². The summed E-state index contributed by atoms with van der Waals surface area (Å²) in [6.07, 6.45) is 1.25. The van der Waals surface area contributed by atoms with E-state index in [0.29, 0.717) is 52.7 Å². The fourth-order valence-electron chi connectivity index (χ4n) is 5.00. The highest BCUT2D eigenvalue weighted by Crippen LogP contribution is 2.27. The number of benzene rings is 2. The van der Waals surface area contributed by atoms with Crippen LogP contribution in [-0.2, 0) is 16.2 Å². The van der Waals surface area contributed by atoms with Crippen LogP contribution in [0.25, 0.3) is 43.7 Å². The zero-order valence-corrected chi connectivity index (χ0v) is 32.1. The van der Waals surface area contributed by atoms with Gasteiger partial charge in [0.1, 0.15) is 35.6 Å². The lowest BCUT2D eigenvalue weighted by Crippen LogP contribution is -2.22. The molecule has 0 radical (unpaired) electrons. The van der Waals surface area contributed by atoms with Crippen molar-refractivity contribution in [1.82, 2.24) is 9.55 Å². The number of aromatic nitrogens is 2. The summed E-state index contributed by atoms with van der Waals surface area (Å²) in [6, 6.07) is 13.2. The van der Waals surface area contributed by atoms with Crippen molar-refractivity contribution in [3.05, 3.63) is 92.4 Å². The third-order valence-corrected chi connectivity index (χ3v) is 11.3. The number of carbonyl (C=O) groups excluding carboxylic acids is 2. The van der Waals surface area contributed by atoms with E-state index in [2.05, 4.69) is 44.3 Å². The van der Waals surface area contributed by atoms with Gasteiger partial charge in [-0.2, -0.15) is 0 Å². The molecule has 6 rings (SSSR count). The van der Waals surface area contributed by atoms with Gasteiger partial charge in [-0.15, -0.1) is 0 Å². The van der Waals surface area contributed by atoms with Crippen LogP contribution in [0.5, 0.6) is 0 Å². The number of H-pyrrole nitrogens is 1. The maximum absolute atomic E-state index is 13.7. The standard InChI is InChI=1S/C18H20FNO4Si.C12H6FNO3.C6H15ClOSi/c1-25(2,3)7-6-23-11-20-13(10-21)9-15-17(20)14-8-12(19)4-5-16(14)24-18(15)22;13-6-1-2-10-8(3-6)11-9(12(16)17-10)4-7(5-15)14-11;1-9(2,3)5-4-8-6-7/h4-5,8-10H,6-7,11H2,1-3H3;1-5,14H;4-6H2,1-3H3. The molecular weight excluding hydrogens is 718 g/mol. The molecule has 0 aliphatic rings. The maximum atomic E-state index is 13.7. The zero-order valence-electron chi connectivity index (χ0n) is 29.4. The lowest BCUT2D eigenvalue weighted by atomic mass is 10.2. The van der Waals surface area contributed by atoms with E-state index in [-0.39, 0.29) is 34.4 Å².